The molecule has 0 spiro atoms. The third kappa shape index (κ3) is 8.04. The maximum Gasteiger partial charge on any atom is 0.326 e. The summed E-state index contributed by atoms with van der Waals surface area (Å²) >= 11 is 1.51. The Labute approximate surface area is 274 Å². The number of rotatable bonds is 15. The monoisotopic (exact) mass is 650 g/mol. The second-order valence-corrected chi connectivity index (χ2v) is 14.8. The number of aromatic hydroxyl groups is 1. The molecule has 0 aliphatic heterocycles. The summed E-state index contributed by atoms with van der Waals surface area (Å²) in [4.78, 5) is 52.8. The Hall–Kier alpha value is -3.57. The van der Waals surface area contributed by atoms with E-state index in [4.69, 9.17) is 5.73 Å². The van der Waals surface area contributed by atoms with Crippen LogP contribution < -0.4 is 21.7 Å². The van der Waals surface area contributed by atoms with Crippen molar-refractivity contribution in [3.05, 3.63) is 65.7 Å². The number of hydrogen-bond acceptors (Lipinski definition) is 7. The summed E-state index contributed by atoms with van der Waals surface area (Å²) in [6.45, 7) is 0.445. The maximum absolute atomic E-state index is 14.3. The number of nitrogens with two attached hydrogens (primary N) is 1. The first-order valence-corrected chi connectivity index (χ1v) is 17.6. The average Bonchev–Trinajstić information content (AvgIpc) is 3.02. The smallest absolute Gasteiger partial charge is 0.326 e. The molecule has 2 unspecified atom stereocenters. The molecule has 4 aliphatic rings. The summed E-state index contributed by atoms with van der Waals surface area (Å²) in [5, 5.41) is 28.1. The van der Waals surface area contributed by atoms with Crippen LogP contribution in [0.5, 0.6) is 5.75 Å². The van der Waals surface area contributed by atoms with Gasteiger partial charge in [0.25, 0.3) is 0 Å². The van der Waals surface area contributed by atoms with Gasteiger partial charge in [0.1, 0.15) is 17.8 Å². The van der Waals surface area contributed by atoms with E-state index < -0.39 is 35.4 Å². The average molecular weight is 651 g/mol. The summed E-state index contributed by atoms with van der Waals surface area (Å²) < 4.78 is 0. The Morgan fingerprint density at radius 2 is 1.54 bits per heavy atom. The number of amides is 3. The van der Waals surface area contributed by atoms with Gasteiger partial charge in [-0.1, -0.05) is 42.5 Å². The summed E-state index contributed by atoms with van der Waals surface area (Å²) in [7, 11) is 0. The fourth-order valence-electron chi connectivity index (χ4n) is 8.44. The van der Waals surface area contributed by atoms with Gasteiger partial charge < -0.3 is 31.9 Å². The fraction of sp³-hybridized carbons (Fsp3) is 0.543. The van der Waals surface area contributed by atoms with Gasteiger partial charge in [-0.15, -0.1) is 0 Å². The van der Waals surface area contributed by atoms with Crippen LogP contribution in [-0.2, 0) is 32.0 Å². The number of carbonyl (C=O) groups excluding carboxylic acids is 3. The van der Waals surface area contributed by atoms with Gasteiger partial charge in [-0.3, -0.25) is 14.4 Å². The molecule has 4 aliphatic carbocycles. The topological polar surface area (TPSA) is 171 Å². The van der Waals surface area contributed by atoms with Crippen molar-refractivity contribution in [1.29, 1.82) is 0 Å². The van der Waals surface area contributed by atoms with Crippen LogP contribution in [-0.4, -0.2) is 70.6 Å². The molecule has 11 heteroatoms. The second-order valence-electron chi connectivity index (χ2n) is 13.8. The molecule has 2 aromatic rings. The Morgan fingerprint density at radius 1 is 0.891 bits per heavy atom. The van der Waals surface area contributed by atoms with E-state index in [1.165, 1.54) is 11.8 Å². The molecule has 5 atom stereocenters. The minimum atomic E-state index is -1.10. The highest BCUT2D eigenvalue weighted by Gasteiger charge is 2.60. The number of carboxylic acids is 1. The molecule has 0 radical (unpaired) electrons. The molecule has 4 bridgehead atoms. The van der Waals surface area contributed by atoms with E-state index in [2.05, 4.69) is 16.0 Å². The Kier molecular flexibility index (Phi) is 10.6. The van der Waals surface area contributed by atoms with E-state index in [1.807, 2.05) is 36.6 Å². The summed E-state index contributed by atoms with van der Waals surface area (Å²) in [6, 6.07) is 13.4. The number of phenols is 1. The first-order chi connectivity index (χ1) is 22.0. The number of aliphatic carboxylic acids is 1. The number of carbonyl (C=O) groups is 4. The molecule has 3 amide bonds. The van der Waals surface area contributed by atoms with Crippen molar-refractivity contribution in [2.75, 3.05) is 18.6 Å². The zero-order valence-electron chi connectivity index (χ0n) is 26.4. The van der Waals surface area contributed by atoms with Crippen molar-refractivity contribution >= 4 is 35.5 Å². The largest absolute Gasteiger partial charge is 0.508 e. The Balaban J connectivity index is 1.28. The third-order valence-electron chi connectivity index (χ3n) is 10.2. The van der Waals surface area contributed by atoms with Gasteiger partial charge in [-0.05, 0) is 104 Å². The van der Waals surface area contributed by atoms with Crippen LogP contribution in [0.15, 0.2) is 54.6 Å². The molecule has 46 heavy (non-hydrogen) atoms. The molecule has 4 saturated carbocycles. The highest BCUT2D eigenvalue weighted by Crippen LogP contribution is 2.65. The van der Waals surface area contributed by atoms with E-state index in [1.54, 1.807) is 24.3 Å². The maximum atomic E-state index is 14.3. The number of hydrogen-bond donors (Lipinski definition) is 6. The lowest BCUT2D eigenvalue weighted by molar-refractivity contribution is -0.159. The van der Waals surface area contributed by atoms with Crippen LogP contribution in [0.4, 0.5) is 0 Å². The number of phenolic OH excluding ortho intramolecular Hbond substituents is 1. The summed E-state index contributed by atoms with van der Waals surface area (Å²) in [6.07, 6.45) is 7.83. The van der Waals surface area contributed by atoms with Gasteiger partial charge >= 0.3 is 5.97 Å². The van der Waals surface area contributed by atoms with E-state index in [0.29, 0.717) is 37.0 Å². The highest BCUT2D eigenvalue weighted by molar-refractivity contribution is 7.98. The van der Waals surface area contributed by atoms with Crippen molar-refractivity contribution < 1.29 is 29.4 Å². The van der Waals surface area contributed by atoms with E-state index >= 15 is 0 Å². The molecule has 4 fully saturated rings. The van der Waals surface area contributed by atoms with Crippen LogP contribution >= 0.6 is 11.8 Å². The van der Waals surface area contributed by atoms with Crippen molar-refractivity contribution in [2.24, 2.45) is 28.4 Å². The molecule has 248 valence electrons. The standard InChI is InChI=1S/C35H46N4O6S/c1-46-12-11-28(32(43)44)38-31(42)29(15-22-5-3-2-4-6-22)39-33(45)35-18-24-13-25(19-35)17-34(16-24,20-35)21-37-30(41)27(36)14-23-7-9-26(40)10-8-23/h2-10,24-25,27-29,40H,11-21,36H2,1H3,(H,37,41)(H,38,42)(H,39,45)(H,43,44)/t24?,25?,27-,28-,29-,34?,35?/m0/s1. The molecule has 6 rings (SSSR count). The van der Waals surface area contributed by atoms with Crippen molar-refractivity contribution in [2.45, 2.75) is 75.9 Å². The molecule has 10 nitrogen and oxygen atoms in total. The summed E-state index contributed by atoms with van der Waals surface area (Å²) in [5.41, 5.74) is 7.11. The van der Waals surface area contributed by atoms with E-state index in [9.17, 15) is 29.4 Å². The van der Waals surface area contributed by atoms with Crippen LogP contribution in [0.25, 0.3) is 0 Å². The van der Waals surface area contributed by atoms with Gasteiger partial charge in [0, 0.05) is 13.0 Å². The number of benzene rings is 2. The molecule has 7 N–H and O–H groups in total. The summed E-state index contributed by atoms with van der Waals surface area (Å²) in [5.74, 6) is -0.536. The van der Waals surface area contributed by atoms with Crippen molar-refractivity contribution in [3.63, 3.8) is 0 Å². The Morgan fingerprint density at radius 3 is 2.17 bits per heavy atom. The lowest BCUT2D eigenvalue weighted by Gasteiger charge is -2.61. The number of thioether (sulfide) groups is 1. The van der Waals surface area contributed by atoms with Crippen LogP contribution in [0, 0.1) is 22.7 Å². The van der Waals surface area contributed by atoms with E-state index in [0.717, 1.165) is 43.2 Å². The van der Waals surface area contributed by atoms with E-state index in [-0.39, 0.29) is 35.8 Å². The van der Waals surface area contributed by atoms with Gasteiger partial charge in [0.2, 0.25) is 17.7 Å². The third-order valence-corrected chi connectivity index (χ3v) is 10.8. The quantitative estimate of drug-likeness (QED) is 0.171. The van der Waals surface area contributed by atoms with Crippen LogP contribution in [0.2, 0.25) is 0 Å². The van der Waals surface area contributed by atoms with Gasteiger partial charge in [-0.2, -0.15) is 11.8 Å². The van der Waals surface area contributed by atoms with Gasteiger partial charge in [-0.25, -0.2) is 4.79 Å². The molecule has 0 heterocycles. The van der Waals surface area contributed by atoms with Crippen LogP contribution in [0.1, 0.15) is 56.1 Å². The normalized spacial score (nSPS) is 26.5. The predicted molar refractivity (Wildman–Crippen MR) is 177 cm³/mol. The van der Waals surface area contributed by atoms with Gasteiger partial charge in [0.05, 0.1) is 11.5 Å². The second kappa shape index (κ2) is 14.5. The lowest BCUT2D eigenvalue weighted by Crippen LogP contribution is -2.62. The number of nitrogens with one attached hydrogen (secondary N) is 3. The molecule has 2 aromatic carbocycles. The minimum Gasteiger partial charge on any atom is -0.508 e. The SMILES string of the molecule is CSCC[C@H](NC(=O)[C@H](Cc1ccccc1)NC(=O)C12CC3CC(CC(CNC(=O)[C@@H](N)Cc4ccc(O)cc4)(C3)C1)C2)C(=O)O. The van der Waals surface area contributed by atoms with Crippen molar-refractivity contribution in [1.82, 2.24) is 16.0 Å². The molecular weight excluding hydrogens is 604 g/mol. The zero-order valence-corrected chi connectivity index (χ0v) is 27.2. The lowest BCUT2D eigenvalue weighted by atomic mass is 9.44. The fourth-order valence-corrected chi connectivity index (χ4v) is 8.92. The predicted octanol–water partition coefficient (Wildman–Crippen LogP) is 3.01. The van der Waals surface area contributed by atoms with Gasteiger partial charge in [0.15, 0.2) is 0 Å². The van der Waals surface area contributed by atoms with Crippen LogP contribution in [0.3, 0.4) is 0 Å². The van der Waals surface area contributed by atoms with Crippen molar-refractivity contribution in [3.8, 4) is 5.75 Å². The minimum absolute atomic E-state index is 0.157. The highest BCUT2D eigenvalue weighted by atomic mass is 32.2. The number of carboxylic acid groups (broad SMARTS) is 1. The molecule has 0 aromatic heterocycles. The first kappa shape index (κ1) is 33.8. The molecular formula is C35H46N4O6S. The zero-order chi connectivity index (χ0) is 32.9. The first-order valence-electron chi connectivity index (χ1n) is 16.2. The molecule has 0 saturated heterocycles. The Bertz CT molecular complexity index is 1390.